The van der Waals surface area contributed by atoms with Crippen LogP contribution in [0.15, 0.2) is 18.6 Å². The molecule has 1 aromatic rings. The molecule has 0 spiro atoms. The Morgan fingerprint density at radius 1 is 1.50 bits per heavy atom. The van der Waals surface area contributed by atoms with Gasteiger partial charge in [0, 0.05) is 26.0 Å². The first-order valence-electron chi connectivity index (χ1n) is 6.04. The van der Waals surface area contributed by atoms with Gasteiger partial charge in [-0.25, -0.2) is 4.98 Å². The molecule has 1 fully saturated rings. The number of hydrogen-bond donors (Lipinski definition) is 1. The highest BCUT2D eigenvalue weighted by atomic mass is 15.2. The second-order valence-electron chi connectivity index (χ2n) is 4.49. The third-order valence-corrected chi connectivity index (χ3v) is 3.21. The maximum Gasteiger partial charge on any atom is 0.146 e. The predicted octanol–water partition coefficient (Wildman–Crippen LogP) is 1.30. The smallest absolute Gasteiger partial charge is 0.146 e. The van der Waals surface area contributed by atoms with Gasteiger partial charge in [0.2, 0.25) is 0 Å². The molecule has 16 heavy (non-hydrogen) atoms. The second kappa shape index (κ2) is 5.80. The SMILES string of the molecule is CN(CCC1CCCNC1)c1cnccn1. The van der Waals surface area contributed by atoms with E-state index in [0.29, 0.717) is 0 Å². The van der Waals surface area contributed by atoms with E-state index in [1.54, 1.807) is 12.4 Å². The molecule has 4 heteroatoms. The molecule has 0 radical (unpaired) electrons. The largest absolute Gasteiger partial charge is 0.358 e. The molecular formula is C12H20N4. The predicted molar refractivity (Wildman–Crippen MR) is 65.5 cm³/mol. The van der Waals surface area contributed by atoms with Gasteiger partial charge < -0.3 is 10.2 Å². The summed E-state index contributed by atoms with van der Waals surface area (Å²) < 4.78 is 0. The fourth-order valence-corrected chi connectivity index (χ4v) is 2.15. The van der Waals surface area contributed by atoms with Gasteiger partial charge in [-0.3, -0.25) is 4.98 Å². The molecule has 0 aliphatic carbocycles. The standard InChI is InChI=1S/C12H20N4/c1-16(12-10-14-6-7-15-12)8-4-11-3-2-5-13-9-11/h6-7,10-11,13H,2-5,8-9H2,1H3. The van der Waals surface area contributed by atoms with Crippen molar-refractivity contribution < 1.29 is 0 Å². The summed E-state index contributed by atoms with van der Waals surface area (Å²) in [7, 11) is 2.08. The molecule has 1 aliphatic heterocycles. The lowest BCUT2D eigenvalue weighted by atomic mass is 9.96. The Bertz CT molecular complexity index is 295. The molecule has 1 N–H and O–H groups in total. The Labute approximate surface area is 97.1 Å². The van der Waals surface area contributed by atoms with E-state index in [1.807, 2.05) is 6.20 Å². The number of hydrogen-bond acceptors (Lipinski definition) is 4. The zero-order valence-corrected chi connectivity index (χ0v) is 9.89. The molecule has 0 saturated carbocycles. The van der Waals surface area contributed by atoms with Crippen molar-refractivity contribution in [3.63, 3.8) is 0 Å². The Kier molecular flexibility index (Phi) is 4.10. The minimum absolute atomic E-state index is 0.827. The molecule has 1 atom stereocenters. The minimum Gasteiger partial charge on any atom is -0.358 e. The van der Waals surface area contributed by atoms with E-state index in [0.717, 1.165) is 18.3 Å². The fourth-order valence-electron chi connectivity index (χ4n) is 2.15. The lowest BCUT2D eigenvalue weighted by molar-refractivity contribution is 0.360. The zero-order valence-electron chi connectivity index (χ0n) is 9.89. The van der Waals surface area contributed by atoms with Gasteiger partial charge in [-0.1, -0.05) is 0 Å². The van der Waals surface area contributed by atoms with Crippen LogP contribution in [-0.4, -0.2) is 36.6 Å². The van der Waals surface area contributed by atoms with Gasteiger partial charge in [-0.2, -0.15) is 0 Å². The third-order valence-electron chi connectivity index (χ3n) is 3.21. The van der Waals surface area contributed by atoms with E-state index in [4.69, 9.17) is 0 Å². The summed E-state index contributed by atoms with van der Waals surface area (Å²) in [5.41, 5.74) is 0. The van der Waals surface area contributed by atoms with Gasteiger partial charge in [-0.05, 0) is 38.3 Å². The molecule has 0 amide bonds. The average Bonchev–Trinajstić information content (AvgIpc) is 2.38. The van der Waals surface area contributed by atoms with Gasteiger partial charge >= 0.3 is 0 Å². The summed E-state index contributed by atoms with van der Waals surface area (Å²) in [6, 6.07) is 0. The number of anilines is 1. The van der Waals surface area contributed by atoms with Crippen molar-refractivity contribution in [2.24, 2.45) is 5.92 Å². The van der Waals surface area contributed by atoms with E-state index >= 15 is 0 Å². The highest BCUT2D eigenvalue weighted by Gasteiger charge is 2.13. The maximum absolute atomic E-state index is 4.29. The van der Waals surface area contributed by atoms with Gasteiger partial charge in [-0.15, -0.1) is 0 Å². The Morgan fingerprint density at radius 3 is 3.12 bits per heavy atom. The van der Waals surface area contributed by atoms with Crippen molar-refractivity contribution in [3.05, 3.63) is 18.6 Å². The molecule has 1 saturated heterocycles. The second-order valence-corrected chi connectivity index (χ2v) is 4.49. The minimum atomic E-state index is 0.827. The van der Waals surface area contributed by atoms with Gasteiger partial charge in [0.1, 0.15) is 5.82 Å². The lowest BCUT2D eigenvalue weighted by Gasteiger charge is -2.25. The van der Waals surface area contributed by atoms with Gasteiger partial charge in [0.15, 0.2) is 0 Å². The molecule has 1 aliphatic rings. The Morgan fingerprint density at radius 2 is 2.44 bits per heavy atom. The molecule has 1 aromatic heterocycles. The van der Waals surface area contributed by atoms with Crippen LogP contribution >= 0.6 is 0 Å². The maximum atomic E-state index is 4.29. The molecular weight excluding hydrogens is 200 g/mol. The van der Waals surface area contributed by atoms with Crippen LogP contribution in [-0.2, 0) is 0 Å². The number of nitrogens with one attached hydrogen (secondary N) is 1. The Balaban J connectivity index is 1.77. The molecule has 2 rings (SSSR count). The molecule has 0 bridgehead atoms. The molecule has 4 nitrogen and oxygen atoms in total. The summed E-state index contributed by atoms with van der Waals surface area (Å²) >= 11 is 0. The highest BCUT2D eigenvalue weighted by molar-refractivity contribution is 5.33. The molecule has 88 valence electrons. The van der Waals surface area contributed by atoms with Crippen LogP contribution in [0.25, 0.3) is 0 Å². The fraction of sp³-hybridized carbons (Fsp3) is 0.667. The van der Waals surface area contributed by atoms with E-state index in [2.05, 4.69) is 27.2 Å². The zero-order chi connectivity index (χ0) is 11.2. The first-order valence-corrected chi connectivity index (χ1v) is 6.04. The normalized spacial score (nSPS) is 20.7. The highest BCUT2D eigenvalue weighted by Crippen LogP contribution is 2.15. The number of piperidine rings is 1. The topological polar surface area (TPSA) is 41.0 Å². The summed E-state index contributed by atoms with van der Waals surface area (Å²) in [4.78, 5) is 10.6. The first kappa shape index (κ1) is 11.3. The van der Waals surface area contributed by atoms with Crippen molar-refractivity contribution in [1.82, 2.24) is 15.3 Å². The van der Waals surface area contributed by atoms with E-state index in [9.17, 15) is 0 Å². The van der Waals surface area contributed by atoms with Crippen LogP contribution in [0.2, 0.25) is 0 Å². The monoisotopic (exact) mass is 220 g/mol. The van der Waals surface area contributed by atoms with Crippen molar-refractivity contribution in [3.8, 4) is 0 Å². The van der Waals surface area contributed by atoms with Gasteiger partial charge in [0.05, 0.1) is 6.20 Å². The van der Waals surface area contributed by atoms with E-state index in [-0.39, 0.29) is 0 Å². The first-order chi connectivity index (χ1) is 7.86. The summed E-state index contributed by atoms with van der Waals surface area (Å²) in [6.07, 6.45) is 9.19. The van der Waals surface area contributed by atoms with Crippen LogP contribution in [0, 0.1) is 5.92 Å². The van der Waals surface area contributed by atoms with Crippen molar-refractivity contribution in [2.45, 2.75) is 19.3 Å². The lowest BCUT2D eigenvalue weighted by Crippen LogP contribution is -2.32. The summed E-state index contributed by atoms with van der Waals surface area (Å²) in [5.74, 6) is 1.79. The van der Waals surface area contributed by atoms with E-state index in [1.165, 1.54) is 32.4 Å². The third kappa shape index (κ3) is 3.17. The number of aromatic nitrogens is 2. The van der Waals surface area contributed by atoms with E-state index < -0.39 is 0 Å². The van der Waals surface area contributed by atoms with Gasteiger partial charge in [0.25, 0.3) is 0 Å². The van der Waals surface area contributed by atoms with Crippen LogP contribution in [0.4, 0.5) is 5.82 Å². The van der Waals surface area contributed by atoms with Crippen molar-refractivity contribution in [2.75, 3.05) is 31.6 Å². The quantitative estimate of drug-likeness (QED) is 0.830. The molecule has 2 heterocycles. The van der Waals surface area contributed by atoms with Crippen LogP contribution in [0.1, 0.15) is 19.3 Å². The Hall–Kier alpha value is -1.16. The number of nitrogens with zero attached hydrogens (tertiary/aromatic N) is 3. The van der Waals surface area contributed by atoms with Crippen LogP contribution in [0.5, 0.6) is 0 Å². The summed E-state index contributed by atoms with van der Waals surface area (Å²) in [6.45, 7) is 3.43. The van der Waals surface area contributed by atoms with Crippen molar-refractivity contribution >= 4 is 5.82 Å². The molecule has 0 aromatic carbocycles. The van der Waals surface area contributed by atoms with Crippen LogP contribution < -0.4 is 10.2 Å². The number of rotatable bonds is 4. The average molecular weight is 220 g/mol. The van der Waals surface area contributed by atoms with Crippen LogP contribution in [0.3, 0.4) is 0 Å². The van der Waals surface area contributed by atoms with Crippen molar-refractivity contribution in [1.29, 1.82) is 0 Å². The summed E-state index contributed by atoms with van der Waals surface area (Å²) in [5, 5.41) is 3.45. The molecule has 1 unspecified atom stereocenters.